The van der Waals surface area contributed by atoms with Gasteiger partial charge in [0.2, 0.25) is 11.8 Å². The third-order valence-corrected chi connectivity index (χ3v) is 6.06. The van der Waals surface area contributed by atoms with Crippen LogP contribution in [-0.2, 0) is 9.59 Å². The number of piperidine rings is 1. The van der Waals surface area contributed by atoms with Crippen LogP contribution in [0.1, 0.15) is 19.3 Å². The van der Waals surface area contributed by atoms with E-state index in [4.69, 9.17) is 0 Å². The molecule has 2 aliphatic heterocycles. The maximum atomic E-state index is 12.5. The Hall–Kier alpha value is -1.24. The summed E-state index contributed by atoms with van der Waals surface area (Å²) in [6, 6.07) is 5.73. The standard InChI is InChI=1S/C16H19N3O2S.ClH/c20-14-9-22-13-2-1-10(7-12(13)19-14)18-15(21)11-8-16(11)3-5-17-6-4-16;/h1-2,7,11,17H,3-6,8-9H2,(H,18,21)(H,19,20);1H. The molecule has 3 N–H and O–H groups in total. The lowest BCUT2D eigenvalue weighted by Crippen LogP contribution is -2.31. The average molecular weight is 354 g/mol. The first-order chi connectivity index (χ1) is 10.7. The summed E-state index contributed by atoms with van der Waals surface area (Å²) >= 11 is 1.53. The Morgan fingerprint density at radius 2 is 2.09 bits per heavy atom. The Morgan fingerprint density at radius 1 is 1.30 bits per heavy atom. The summed E-state index contributed by atoms with van der Waals surface area (Å²) in [5, 5.41) is 9.23. The Balaban J connectivity index is 0.00000156. The molecule has 1 unspecified atom stereocenters. The van der Waals surface area contributed by atoms with Crippen molar-refractivity contribution in [1.29, 1.82) is 0 Å². The van der Waals surface area contributed by atoms with Gasteiger partial charge in [0, 0.05) is 16.5 Å². The van der Waals surface area contributed by atoms with Crippen LogP contribution < -0.4 is 16.0 Å². The van der Waals surface area contributed by atoms with Crippen LogP contribution in [0.25, 0.3) is 0 Å². The molecule has 2 heterocycles. The number of anilines is 2. The van der Waals surface area contributed by atoms with Crippen LogP contribution in [0.3, 0.4) is 0 Å². The minimum atomic E-state index is 0. The molecular formula is C16H20ClN3O2S. The van der Waals surface area contributed by atoms with E-state index in [-0.39, 0.29) is 35.6 Å². The van der Waals surface area contributed by atoms with Crippen molar-refractivity contribution in [2.24, 2.45) is 11.3 Å². The van der Waals surface area contributed by atoms with Gasteiger partial charge in [0.05, 0.1) is 11.4 Å². The predicted octanol–water partition coefficient (Wildman–Crippen LogP) is 2.48. The van der Waals surface area contributed by atoms with Crippen LogP contribution in [0.2, 0.25) is 0 Å². The molecule has 4 rings (SSSR count). The fourth-order valence-electron chi connectivity index (χ4n) is 3.59. The molecule has 124 valence electrons. The second kappa shape index (κ2) is 6.34. The Morgan fingerprint density at radius 3 is 2.87 bits per heavy atom. The van der Waals surface area contributed by atoms with Crippen molar-refractivity contribution in [2.75, 3.05) is 29.5 Å². The van der Waals surface area contributed by atoms with E-state index in [1.54, 1.807) is 0 Å². The minimum absolute atomic E-state index is 0. The molecule has 1 atom stereocenters. The second-order valence-corrected chi connectivity index (χ2v) is 7.42. The molecule has 0 bridgehead atoms. The summed E-state index contributed by atoms with van der Waals surface area (Å²) in [7, 11) is 0. The summed E-state index contributed by atoms with van der Waals surface area (Å²) in [5.41, 5.74) is 1.81. The molecule has 0 aromatic heterocycles. The number of halogens is 1. The molecule has 1 saturated heterocycles. The number of fused-ring (bicyclic) bond motifs is 1. The number of carbonyl (C=O) groups excluding carboxylic acids is 2. The highest BCUT2D eigenvalue weighted by molar-refractivity contribution is 8.00. The van der Waals surface area contributed by atoms with Crippen molar-refractivity contribution in [1.82, 2.24) is 5.32 Å². The first-order valence-corrected chi connectivity index (χ1v) is 8.73. The summed E-state index contributed by atoms with van der Waals surface area (Å²) < 4.78 is 0. The molecule has 3 aliphatic rings. The quantitative estimate of drug-likeness (QED) is 0.764. The largest absolute Gasteiger partial charge is 0.326 e. The van der Waals surface area contributed by atoms with Gasteiger partial charge in [0.1, 0.15) is 0 Å². The molecule has 1 aromatic rings. The monoisotopic (exact) mass is 353 g/mol. The van der Waals surface area contributed by atoms with Gasteiger partial charge in [-0.2, -0.15) is 0 Å². The number of thioether (sulfide) groups is 1. The predicted molar refractivity (Wildman–Crippen MR) is 94.3 cm³/mol. The van der Waals surface area contributed by atoms with Crippen molar-refractivity contribution in [3.63, 3.8) is 0 Å². The molecule has 1 saturated carbocycles. The van der Waals surface area contributed by atoms with E-state index in [1.807, 2.05) is 18.2 Å². The van der Waals surface area contributed by atoms with Gasteiger partial charge in [-0.1, -0.05) is 0 Å². The molecule has 7 heteroatoms. The number of rotatable bonds is 2. The molecule has 1 aromatic carbocycles. The van der Waals surface area contributed by atoms with Crippen molar-refractivity contribution in [2.45, 2.75) is 24.2 Å². The van der Waals surface area contributed by atoms with Gasteiger partial charge in [-0.15, -0.1) is 24.2 Å². The van der Waals surface area contributed by atoms with Crippen molar-refractivity contribution < 1.29 is 9.59 Å². The third kappa shape index (κ3) is 3.20. The zero-order chi connectivity index (χ0) is 15.2. The molecule has 0 radical (unpaired) electrons. The Kier molecular flexibility index (Phi) is 4.58. The second-order valence-electron chi connectivity index (χ2n) is 6.41. The van der Waals surface area contributed by atoms with Gasteiger partial charge in [0.15, 0.2) is 0 Å². The Labute approximate surface area is 145 Å². The topological polar surface area (TPSA) is 70.2 Å². The molecule has 23 heavy (non-hydrogen) atoms. The first-order valence-electron chi connectivity index (χ1n) is 7.75. The molecule has 5 nitrogen and oxygen atoms in total. The van der Waals surface area contributed by atoms with Gasteiger partial charge in [-0.05, 0) is 56.0 Å². The number of carbonyl (C=O) groups is 2. The maximum absolute atomic E-state index is 12.5. The van der Waals surface area contributed by atoms with Crippen LogP contribution in [0.5, 0.6) is 0 Å². The lowest BCUT2D eigenvalue weighted by Gasteiger charge is -2.23. The molecule has 1 spiro atoms. The van der Waals surface area contributed by atoms with Crippen molar-refractivity contribution >= 4 is 47.4 Å². The van der Waals surface area contributed by atoms with Crippen molar-refractivity contribution in [3.8, 4) is 0 Å². The van der Waals surface area contributed by atoms with E-state index in [1.165, 1.54) is 11.8 Å². The Bertz CT molecular complexity index is 646. The fraction of sp³-hybridized carbons (Fsp3) is 0.500. The highest BCUT2D eigenvalue weighted by Crippen LogP contribution is 2.58. The molecule has 2 fully saturated rings. The highest BCUT2D eigenvalue weighted by Gasteiger charge is 2.57. The van der Waals surface area contributed by atoms with Crippen LogP contribution in [0.4, 0.5) is 11.4 Å². The van der Waals surface area contributed by atoms with Crippen molar-refractivity contribution in [3.05, 3.63) is 18.2 Å². The van der Waals surface area contributed by atoms with Gasteiger partial charge < -0.3 is 16.0 Å². The lowest BCUT2D eigenvalue weighted by atomic mass is 9.92. The number of nitrogens with one attached hydrogen (secondary N) is 3. The lowest BCUT2D eigenvalue weighted by molar-refractivity contribution is -0.118. The van der Waals surface area contributed by atoms with Gasteiger partial charge >= 0.3 is 0 Å². The summed E-state index contributed by atoms with van der Waals surface area (Å²) in [6.45, 7) is 2.04. The van der Waals surface area contributed by atoms with Crippen LogP contribution in [0.15, 0.2) is 23.1 Å². The normalized spacial score (nSPS) is 24.2. The van der Waals surface area contributed by atoms with E-state index in [0.717, 1.165) is 48.6 Å². The van der Waals surface area contributed by atoms with Gasteiger partial charge in [-0.3, -0.25) is 9.59 Å². The van der Waals surface area contributed by atoms with E-state index >= 15 is 0 Å². The number of hydrogen-bond donors (Lipinski definition) is 3. The zero-order valence-electron chi connectivity index (χ0n) is 12.7. The van der Waals surface area contributed by atoms with E-state index in [0.29, 0.717) is 5.75 Å². The van der Waals surface area contributed by atoms with E-state index in [2.05, 4.69) is 16.0 Å². The van der Waals surface area contributed by atoms with E-state index < -0.39 is 0 Å². The fourth-order valence-corrected chi connectivity index (χ4v) is 4.37. The summed E-state index contributed by atoms with van der Waals surface area (Å²) in [4.78, 5) is 25.0. The number of benzene rings is 1. The molecule has 2 amide bonds. The molecule has 1 aliphatic carbocycles. The minimum Gasteiger partial charge on any atom is -0.326 e. The average Bonchev–Trinajstić information content (AvgIpc) is 3.21. The molecular weight excluding hydrogens is 334 g/mol. The van der Waals surface area contributed by atoms with Gasteiger partial charge in [0.25, 0.3) is 0 Å². The first kappa shape index (κ1) is 16.6. The van der Waals surface area contributed by atoms with Crippen LogP contribution in [0, 0.1) is 11.3 Å². The highest BCUT2D eigenvalue weighted by atomic mass is 35.5. The van der Waals surface area contributed by atoms with Gasteiger partial charge in [-0.25, -0.2) is 0 Å². The summed E-state index contributed by atoms with van der Waals surface area (Å²) in [5.74, 6) is 0.736. The zero-order valence-corrected chi connectivity index (χ0v) is 14.3. The SMILES string of the molecule is Cl.O=C1CSc2ccc(NC(=O)C3CC34CCNCC4)cc2N1. The number of hydrogen-bond acceptors (Lipinski definition) is 4. The van der Waals surface area contributed by atoms with E-state index in [9.17, 15) is 9.59 Å². The summed E-state index contributed by atoms with van der Waals surface area (Å²) in [6.07, 6.45) is 3.21. The van der Waals surface area contributed by atoms with Crippen LogP contribution in [-0.4, -0.2) is 30.7 Å². The maximum Gasteiger partial charge on any atom is 0.234 e. The smallest absolute Gasteiger partial charge is 0.234 e. The van der Waals surface area contributed by atoms with Crippen LogP contribution >= 0.6 is 24.2 Å². The number of amides is 2. The third-order valence-electron chi connectivity index (χ3n) is 4.99.